The van der Waals surface area contributed by atoms with Crippen molar-refractivity contribution in [3.05, 3.63) is 136 Å². The largest absolute Gasteiger partial charge is 0.494 e. The smallest absolute Gasteiger partial charge is 0.400 e. The van der Waals surface area contributed by atoms with Gasteiger partial charge in [0, 0.05) is 68.4 Å². The van der Waals surface area contributed by atoms with E-state index in [0.29, 0.717) is 22.6 Å². The van der Waals surface area contributed by atoms with E-state index in [-0.39, 0.29) is 53.8 Å². The average Bonchev–Trinajstić information content (AvgIpc) is 3.43. The quantitative estimate of drug-likeness (QED) is 0.0779. The Morgan fingerprint density at radius 2 is 0.966 bits per heavy atom. The zero-order chi connectivity index (χ0) is 43.0. The number of nitrogen functional groups attached to an aromatic ring is 4. The number of halogens is 1. The SMILES string of the molecule is C.CC1(C)OB(c2ccncc2)OC1(C)C.CO.Nc1nccc(-c2ccncc2)c1N.Nc1nccc(-c2ccncc2)c1[N+](=O)[O-].Nc1nccc(Cl)c1[N+](=O)[O-]. The first-order valence-corrected chi connectivity index (χ1v) is 17.4. The number of nitrogens with zero attached hydrogens (tertiary/aromatic N) is 8. The first-order valence-electron chi connectivity index (χ1n) is 17.0. The van der Waals surface area contributed by atoms with Crippen LogP contribution in [0.3, 0.4) is 0 Å². The van der Waals surface area contributed by atoms with E-state index in [1.54, 1.807) is 61.6 Å². The van der Waals surface area contributed by atoms with Crippen LogP contribution in [0.15, 0.2) is 110 Å². The molecule has 310 valence electrons. The summed E-state index contributed by atoms with van der Waals surface area (Å²) < 4.78 is 11.8. The van der Waals surface area contributed by atoms with Crippen molar-refractivity contribution in [1.29, 1.82) is 0 Å². The summed E-state index contributed by atoms with van der Waals surface area (Å²) in [4.78, 5) is 42.8. The lowest BCUT2D eigenvalue weighted by molar-refractivity contribution is -0.384. The van der Waals surface area contributed by atoms with E-state index in [9.17, 15) is 20.2 Å². The van der Waals surface area contributed by atoms with Crippen molar-refractivity contribution in [2.45, 2.75) is 46.3 Å². The molecule has 1 aliphatic heterocycles. The third-order valence-corrected chi connectivity index (χ3v) is 8.76. The number of nitrogens with two attached hydrogens (primary N) is 4. The Bertz CT molecular complexity index is 2230. The molecule has 7 heterocycles. The van der Waals surface area contributed by atoms with Crippen molar-refractivity contribution in [2.75, 3.05) is 30.0 Å². The number of aliphatic hydroxyl groups excluding tert-OH is 1. The minimum atomic E-state index is -0.662. The Hall–Kier alpha value is -6.87. The molecule has 0 bridgehead atoms. The molecule has 9 N–H and O–H groups in total. The van der Waals surface area contributed by atoms with Gasteiger partial charge in [0.05, 0.1) is 32.3 Å². The molecule has 6 aromatic heterocycles. The molecule has 21 heteroatoms. The molecule has 1 saturated heterocycles. The molecule has 1 aliphatic rings. The highest BCUT2D eigenvalue weighted by Gasteiger charge is 2.51. The van der Waals surface area contributed by atoms with Gasteiger partial charge in [-0.05, 0) is 98.9 Å². The zero-order valence-corrected chi connectivity index (χ0v) is 32.9. The molecule has 0 radical (unpaired) electrons. The maximum absolute atomic E-state index is 10.9. The first-order chi connectivity index (χ1) is 27.5. The van der Waals surface area contributed by atoms with E-state index >= 15 is 0 Å². The fourth-order valence-corrected chi connectivity index (χ4v) is 5.05. The molecule has 0 saturated carbocycles. The van der Waals surface area contributed by atoms with Gasteiger partial charge in [-0.2, -0.15) is 0 Å². The van der Waals surface area contributed by atoms with Gasteiger partial charge >= 0.3 is 18.5 Å². The average molecular weight is 829 g/mol. The maximum atomic E-state index is 10.9. The lowest BCUT2D eigenvalue weighted by Gasteiger charge is -2.32. The number of hydrogen-bond donors (Lipinski definition) is 5. The molecule has 0 atom stereocenters. The van der Waals surface area contributed by atoms with Gasteiger partial charge < -0.3 is 37.3 Å². The second kappa shape index (κ2) is 22.2. The standard InChI is InChI=1S/C11H16BNO2.C10H8N4O2.C10H10N4.C5H4ClN3O2.CH4O.CH4/c1-10(2)11(3,4)15-12(14-10)9-5-7-13-8-6-9;11-10-9(14(15)16)8(3-6-13-10)7-1-4-12-5-2-7;11-9-8(3-6-14-10(9)12)7-1-4-13-5-2-7;6-3-1-2-8-5(7)4(3)9(10)11;1-2;/h5-8H,1-4H3;1-6H,(H2,11,13);1-6H,11H2,(H2,12,14);1-2H,(H2,7,8);2H,1H3;1H4. The summed E-state index contributed by atoms with van der Waals surface area (Å²) >= 11 is 5.46. The normalized spacial score (nSPS) is 12.8. The summed E-state index contributed by atoms with van der Waals surface area (Å²) in [5.41, 5.74) is 25.6. The summed E-state index contributed by atoms with van der Waals surface area (Å²) in [5, 5.41) is 28.1. The second-order valence-corrected chi connectivity index (χ2v) is 13.0. The summed E-state index contributed by atoms with van der Waals surface area (Å²) in [7, 11) is 0.720. The molecule has 7 rings (SSSR count). The number of anilines is 4. The summed E-state index contributed by atoms with van der Waals surface area (Å²) in [6.07, 6.45) is 14.5. The predicted molar refractivity (Wildman–Crippen MR) is 230 cm³/mol. The number of rotatable bonds is 5. The molecular formula is C38H46BClN12O7. The van der Waals surface area contributed by atoms with Crippen molar-refractivity contribution >= 4 is 58.7 Å². The van der Waals surface area contributed by atoms with E-state index < -0.39 is 9.85 Å². The molecule has 6 aromatic rings. The minimum Gasteiger partial charge on any atom is -0.400 e. The van der Waals surface area contributed by atoms with Crippen LogP contribution in [0.1, 0.15) is 35.1 Å². The molecule has 0 spiro atoms. The molecule has 19 nitrogen and oxygen atoms in total. The van der Waals surface area contributed by atoms with Crippen molar-refractivity contribution in [3.8, 4) is 22.3 Å². The van der Waals surface area contributed by atoms with E-state index in [0.717, 1.165) is 23.7 Å². The van der Waals surface area contributed by atoms with Crippen LogP contribution in [0.25, 0.3) is 22.3 Å². The summed E-state index contributed by atoms with van der Waals surface area (Å²) in [6, 6.07) is 15.7. The van der Waals surface area contributed by atoms with Crippen molar-refractivity contribution in [3.63, 3.8) is 0 Å². The lowest BCUT2D eigenvalue weighted by Crippen LogP contribution is -2.41. The van der Waals surface area contributed by atoms with Crippen LogP contribution < -0.4 is 28.4 Å². The van der Waals surface area contributed by atoms with Crippen LogP contribution in [0, 0.1) is 20.2 Å². The highest BCUT2D eigenvalue weighted by molar-refractivity contribution is 6.62. The van der Waals surface area contributed by atoms with Gasteiger partial charge in [0.1, 0.15) is 10.8 Å². The monoisotopic (exact) mass is 828 g/mol. The van der Waals surface area contributed by atoms with Crippen LogP contribution in [0.2, 0.25) is 5.02 Å². The fourth-order valence-electron chi connectivity index (χ4n) is 4.82. The molecule has 1 fully saturated rings. The van der Waals surface area contributed by atoms with Gasteiger partial charge in [0.15, 0.2) is 0 Å². The molecular weight excluding hydrogens is 783 g/mol. The number of aliphatic hydroxyl groups is 1. The third kappa shape index (κ3) is 12.8. The molecule has 0 unspecified atom stereocenters. The number of pyridine rings is 6. The topological polar surface area (TPSA) is 306 Å². The number of nitro groups is 2. The van der Waals surface area contributed by atoms with Crippen molar-refractivity contribution < 1.29 is 24.3 Å². The van der Waals surface area contributed by atoms with E-state index in [2.05, 4.69) is 29.9 Å². The van der Waals surface area contributed by atoms with Gasteiger partial charge in [0.2, 0.25) is 11.6 Å². The fraction of sp³-hybridized carbons (Fsp3) is 0.211. The maximum Gasteiger partial charge on any atom is 0.494 e. The predicted octanol–water partition coefficient (Wildman–Crippen LogP) is 5.79. The highest BCUT2D eigenvalue weighted by Crippen LogP contribution is 2.36. The van der Waals surface area contributed by atoms with Gasteiger partial charge in [-0.1, -0.05) is 19.0 Å². The van der Waals surface area contributed by atoms with Gasteiger partial charge in [0.25, 0.3) is 0 Å². The van der Waals surface area contributed by atoms with E-state index in [1.807, 2.05) is 58.0 Å². The van der Waals surface area contributed by atoms with E-state index in [4.69, 9.17) is 49.0 Å². The van der Waals surface area contributed by atoms with E-state index in [1.165, 1.54) is 18.5 Å². The molecule has 59 heavy (non-hydrogen) atoms. The van der Waals surface area contributed by atoms with Crippen LogP contribution in [-0.4, -0.2) is 70.3 Å². The minimum absolute atomic E-state index is 0. The summed E-state index contributed by atoms with van der Waals surface area (Å²) in [5.74, 6) is 0.112. The first kappa shape index (κ1) is 48.3. The molecule has 0 aromatic carbocycles. The lowest BCUT2D eigenvalue weighted by atomic mass is 9.80. The van der Waals surface area contributed by atoms with Crippen LogP contribution in [0.4, 0.5) is 34.5 Å². The van der Waals surface area contributed by atoms with Crippen LogP contribution >= 0.6 is 11.6 Å². The highest BCUT2D eigenvalue weighted by atomic mass is 35.5. The second-order valence-electron chi connectivity index (χ2n) is 12.6. The van der Waals surface area contributed by atoms with Crippen LogP contribution in [0.5, 0.6) is 0 Å². The summed E-state index contributed by atoms with van der Waals surface area (Å²) in [6.45, 7) is 8.20. The third-order valence-electron chi connectivity index (χ3n) is 8.46. The van der Waals surface area contributed by atoms with Crippen molar-refractivity contribution in [2.24, 2.45) is 0 Å². The van der Waals surface area contributed by atoms with Gasteiger partial charge in [-0.25, -0.2) is 15.0 Å². The Kier molecular flexibility index (Phi) is 18.1. The Labute approximate surface area is 346 Å². The van der Waals surface area contributed by atoms with Gasteiger partial charge in [-0.3, -0.25) is 35.2 Å². The number of aromatic nitrogens is 6. The number of hydrogen-bond acceptors (Lipinski definition) is 17. The molecule has 0 aliphatic carbocycles. The van der Waals surface area contributed by atoms with Crippen molar-refractivity contribution in [1.82, 2.24) is 29.9 Å². The zero-order valence-electron chi connectivity index (χ0n) is 32.1. The van der Waals surface area contributed by atoms with Gasteiger partial charge in [-0.15, -0.1) is 0 Å². The molecule has 0 amide bonds. The Morgan fingerprint density at radius 3 is 1.39 bits per heavy atom. The van der Waals surface area contributed by atoms with Crippen LogP contribution in [-0.2, 0) is 9.31 Å². The Balaban J connectivity index is 0.000000268. The Morgan fingerprint density at radius 1 is 0.593 bits per heavy atom.